The Hall–Kier alpha value is -0.530. The van der Waals surface area contributed by atoms with Crippen molar-refractivity contribution in [3.05, 3.63) is 0 Å². The van der Waals surface area contributed by atoms with Gasteiger partial charge in [0.25, 0.3) is 0 Å². The topological polar surface area (TPSA) is 26.3 Å². The zero-order valence-electron chi connectivity index (χ0n) is 10.2. The van der Waals surface area contributed by atoms with E-state index in [9.17, 15) is 4.79 Å². The summed E-state index contributed by atoms with van der Waals surface area (Å²) in [5.74, 6) is 4.40. The highest BCUT2D eigenvalue weighted by Gasteiger charge is 2.48. The Bertz CT molecular complexity index is 256. The van der Waals surface area contributed by atoms with Gasteiger partial charge in [-0.05, 0) is 68.6 Å². The van der Waals surface area contributed by atoms with Crippen molar-refractivity contribution in [3.8, 4) is 0 Å². The first-order valence-electron chi connectivity index (χ1n) is 6.91. The summed E-state index contributed by atoms with van der Waals surface area (Å²) in [7, 11) is 0. The molecule has 0 aromatic heterocycles. The third kappa shape index (κ3) is 1.76. The molecule has 2 nitrogen and oxygen atoms in total. The van der Waals surface area contributed by atoms with Gasteiger partial charge in [-0.2, -0.15) is 0 Å². The van der Waals surface area contributed by atoms with Crippen LogP contribution in [0.25, 0.3) is 0 Å². The molecule has 4 aliphatic rings. The minimum Gasteiger partial charge on any atom is -0.466 e. The van der Waals surface area contributed by atoms with Crippen LogP contribution in [0.4, 0.5) is 0 Å². The summed E-state index contributed by atoms with van der Waals surface area (Å²) in [5.41, 5.74) is 0. The number of rotatable bonds is 3. The number of carbonyl (C=O) groups is 1. The minimum absolute atomic E-state index is 0.0416. The predicted octanol–water partition coefficient (Wildman–Crippen LogP) is 3.01. The van der Waals surface area contributed by atoms with Gasteiger partial charge in [0.2, 0.25) is 0 Å². The van der Waals surface area contributed by atoms with E-state index < -0.39 is 0 Å². The van der Waals surface area contributed by atoms with Gasteiger partial charge in [-0.3, -0.25) is 4.79 Å². The van der Waals surface area contributed by atoms with Crippen LogP contribution in [-0.2, 0) is 9.53 Å². The van der Waals surface area contributed by atoms with Crippen LogP contribution in [-0.4, -0.2) is 12.6 Å². The van der Waals surface area contributed by atoms with Gasteiger partial charge < -0.3 is 4.74 Å². The standard InChI is InChI=1S/C14H22O2/c1-2-16-14(15)8-13-11-4-9-3-10(6-11)7-12(13)5-9/h9-13H,2-8H2,1H3. The van der Waals surface area contributed by atoms with Crippen molar-refractivity contribution in [1.29, 1.82) is 0 Å². The van der Waals surface area contributed by atoms with Gasteiger partial charge in [0.05, 0.1) is 6.61 Å². The fraction of sp³-hybridized carbons (Fsp3) is 0.929. The van der Waals surface area contributed by atoms with E-state index in [0.717, 1.165) is 23.7 Å². The number of hydrogen-bond donors (Lipinski definition) is 0. The predicted molar refractivity (Wildman–Crippen MR) is 61.8 cm³/mol. The molecule has 0 radical (unpaired) electrons. The maximum absolute atomic E-state index is 11.6. The first kappa shape index (κ1) is 10.6. The second-order valence-corrected chi connectivity index (χ2v) is 6.10. The maximum atomic E-state index is 11.6. The molecule has 0 N–H and O–H groups in total. The maximum Gasteiger partial charge on any atom is 0.306 e. The summed E-state index contributed by atoms with van der Waals surface area (Å²) >= 11 is 0. The molecule has 4 fully saturated rings. The first-order valence-corrected chi connectivity index (χ1v) is 6.91. The van der Waals surface area contributed by atoms with Crippen molar-refractivity contribution in [3.63, 3.8) is 0 Å². The first-order chi connectivity index (χ1) is 7.76. The summed E-state index contributed by atoms with van der Waals surface area (Å²) in [5, 5.41) is 0. The van der Waals surface area contributed by atoms with Crippen LogP contribution in [0.15, 0.2) is 0 Å². The molecule has 0 aliphatic heterocycles. The smallest absolute Gasteiger partial charge is 0.306 e. The van der Waals surface area contributed by atoms with Crippen LogP contribution in [0.5, 0.6) is 0 Å². The molecule has 0 heterocycles. The molecule has 0 saturated heterocycles. The number of carbonyl (C=O) groups excluding carboxylic acids is 1. The zero-order valence-corrected chi connectivity index (χ0v) is 10.2. The molecule has 16 heavy (non-hydrogen) atoms. The molecule has 0 aromatic rings. The Morgan fingerprint density at radius 2 is 1.62 bits per heavy atom. The van der Waals surface area contributed by atoms with Crippen LogP contribution in [0.3, 0.4) is 0 Å². The summed E-state index contributed by atoms with van der Waals surface area (Å²) in [6, 6.07) is 0. The number of ether oxygens (including phenoxy) is 1. The van der Waals surface area contributed by atoms with Gasteiger partial charge in [0.1, 0.15) is 0 Å². The highest BCUT2D eigenvalue weighted by atomic mass is 16.5. The van der Waals surface area contributed by atoms with Gasteiger partial charge in [-0.15, -0.1) is 0 Å². The third-order valence-electron chi connectivity index (χ3n) is 5.13. The molecule has 90 valence electrons. The zero-order chi connectivity index (χ0) is 11.1. The third-order valence-corrected chi connectivity index (χ3v) is 5.13. The van der Waals surface area contributed by atoms with Gasteiger partial charge in [0.15, 0.2) is 0 Å². The lowest BCUT2D eigenvalue weighted by Gasteiger charge is -2.54. The van der Waals surface area contributed by atoms with E-state index in [1.165, 1.54) is 32.1 Å². The van der Waals surface area contributed by atoms with Crippen molar-refractivity contribution in [2.45, 2.75) is 45.4 Å². The van der Waals surface area contributed by atoms with Crippen molar-refractivity contribution in [2.24, 2.45) is 29.6 Å². The number of esters is 1. The molecule has 2 heteroatoms. The molecule has 4 saturated carbocycles. The largest absolute Gasteiger partial charge is 0.466 e. The van der Waals surface area contributed by atoms with E-state index >= 15 is 0 Å². The molecule has 4 bridgehead atoms. The Kier molecular flexibility index (Phi) is 2.68. The molecule has 0 aromatic carbocycles. The summed E-state index contributed by atoms with van der Waals surface area (Å²) < 4.78 is 5.11. The van der Waals surface area contributed by atoms with E-state index in [4.69, 9.17) is 4.74 Å². The molecular weight excluding hydrogens is 200 g/mol. The lowest BCUT2D eigenvalue weighted by molar-refractivity contribution is -0.148. The summed E-state index contributed by atoms with van der Waals surface area (Å²) in [6.45, 7) is 2.43. The lowest BCUT2D eigenvalue weighted by Crippen LogP contribution is -2.45. The second kappa shape index (κ2) is 4.05. The molecule has 0 spiro atoms. The van der Waals surface area contributed by atoms with Gasteiger partial charge >= 0.3 is 5.97 Å². The van der Waals surface area contributed by atoms with E-state index in [-0.39, 0.29) is 5.97 Å². The van der Waals surface area contributed by atoms with Gasteiger partial charge in [-0.1, -0.05) is 0 Å². The van der Waals surface area contributed by atoms with Gasteiger partial charge in [0, 0.05) is 6.42 Å². The lowest BCUT2D eigenvalue weighted by atomic mass is 9.51. The summed E-state index contributed by atoms with van der Waals surface area (Å²) in [6.07, 6.45) is 7.78. The SMILES string of the molecule is CCOC(=O)CC1C2CC3CC(C2)CC1C3. The Morgan fingerprint density at radius 3 is 2.12 bits per heavy atom. The van der Waals surface area contributed by atoms with Crippen LogP contribution in [0.1, 0.15) is 45.4 Å². The Morgan fingerprint density at radius 1 is 1.06 bits per heavy atom. The molecule has 0 unspecified atom stereocenters. The fourth-order valence-electron chi connectivity index (χ4n) is 4.78. The summed E-state index contributed by atoms with van der Waals surface area (Å²) in [4.78, 5) is 11.6. The molecule has 4 aliphatic carbocycles. The fourth-order valence-corrected chi connectivity index (χ4v) is 4.78. The highest BCUT2D eigenvalue weighted by molar-refractivity contribution is 5.69. The number of hydrogen-bond acceptors (Lipinski definition) is 2. The minimum atomic E-state index is 0.0416. The van der Waals surface area contributed by atoms with Crippen LogP contribution >= 0.6 is 0 Å². The molecule has 0 atom stereocenters. The average molecular weight is 222 g/mol. The van der Waals surface area contributed by atoms with Crippen LogP contribution in [0.2, 0.25) is 0 Å². The van der Waals surface area contributed by atoms with Gasteiger partial charge in [-0.25, -0.2) is 0 Å². The van der Waals surface area contributed by atoms with Crippen molar-refractivity contribution in [1.82, 2.24) is 0 Å². The normalized spacial score (nSPS) is 44.7. The van der Waals surface area contributed by atoms with Crippen molar-refractivity contribution < 1.29 is 9.53 Å². The van der Waals surface area contributed by atoms with Crippen LogP contribution in [0, 0.1) is 29.6 Å². The average Bonchev–Trinajstić information content (AvgIpc) is 2.23. The van der Waals surface area contributed by atoms with E-state index in [2.05, 4.69) is 0 Å². The molecular formula is C14H22O2. The molecule has 0 amide bonds. The van der Waals surface area contributed by atoms with E-state index in [1.807, 2.05) is 6.92 Å². The monoisotopic (exact) mass is 222 g/mol. The quantitative estimate of drug-likeness (QED) is 0.686. The van der Waals surface area contributed by atoms with Crippen molar-refractivity contribution >= 4 is 5.97 Å². The van der Waals surface area contributed by atoms with E-state index in [0.29, 0.717) is 18.9 Å². The Balaban J connectivity index is 1.65. The second-order valence-electron chi connectivity index (χ2n) is 6.10. The van der Waals surface area contributed by atoms with E-state index in [1.54, 1.807) is 0 Å². The van der Waals surface area contributed by atoms with Crippen LogP contribution < -0.4 is 0 Å². The van der Waals surface area contributed by atoms with Crippen molar-refractivity contribution in [2.75, 3.05) is 6.61 Å². The highest BCUT2D eigenvalue weighted by Crippen LogP contribution is 2.57. The molecule has 4 rings (SSSR count). The Labute approximate surface area is 97.7 Å².